The van der Waals surface area contributed by atoms with Crippen molar-refractivity contribution in [3.8, 4) is 0 Å². The van der Waals surface area contributed by atoms with Gasteiger partial charge in [0.15, 0.2) is 5.96 Å². The molecule has 122 valence electrons. The number of aromatic nitrogens is 1. The number of carbonyl (C=O) groups is 2. The molecule has 1 aromatic heterocycles. The summed E-state index contributed by atoms with van der Waals surface area (Å²) < 4.78 is 0. The summed E-state index contributed by atoms with van der Waals surface area (Å²) in [7, 11) is 1.60. The Bertz CT molecular complexity index is 804. The first-order chi connectivity index (χ1) is 11.5. The Labute approximate surface area is 139 Å². The van der Waals surface area contributed by atoms with Crippen LogP contribution < -0.4 is 11.1 Å². The minimum absolute atomic E-state index is 0.0876. The molecular weight excluding hydrogens is 306 g/mol. The van der Waals surface area contributed by atoms with E-state index in [0.29, 0.717) is 11.4 Å². The lowest BCUT2D eigenvalue weighted by Crippen LogP contribution is -2.42. The van der Waals surface area contributed by atoms with E-state index in [9.17, 15) is 9.59 Å². The van der Waals surface area contributed by atoms with Gasteiger partial charge < -0.3 is 11.1 Å². The smallest absolute Gasteiger partial charge is 0.274 e. The van der Waals surface area contributed by atoms with E-state index < -0.39 is 0 Å². The number of nitrogens with zero attached hydrogens (tertiary/aromatic N) is 3. The average Bonchev–Trinajstić information content (AvgIpc) is 2.60. The zero-order chi connectivity index (χ0) is 17.1. The Morgan fingerprint density at radius 2 is 2.12 bits per heavy atom. The third kappa shape index (κ3) is 3.24. The number of amides is 2. The van der Waals surface area contributed by atoms with E-state index in [1.165, 1.54) is 4.90 Å². The second kappa shape index (κ2) is 6.49. The molecule has 0 saturated heterocycles. The van der Waals surface area contributed by atoms with Gasteiger partial charge >= 0.3 is 0 Å². The fraction of sp³-hybridized carbons (Fsp3) is 0.176. The molecule has 24 heavy (non-hydrogen) atoms. The van der Waals surface area contributed by atoms with Gasteiger partial charge in [0.05, 0.1) is 12.5 Å². The number of anilines is 1. The van der Waals surface area contributed by atoms with Crippen LogP contribution in [-0.4, -0.2) is 34.7 Å². The summed E-state index contributed by atoms with van der Waals surface area (Å²) in [6, 6.07) is 12.0. The zero-order valence-corrected chi connectivity index (χ0v) is 13.1. The van der Waals surface area contributed by atoms with Gasteiger partial charge in [0.2, 0.25) is 5.91 Å². The van der Waals surface area contributed by atoms with Gasteiger partial charge in [-0.3, -0.25) is 19.5 Å². The first-order valence-corrected chi connectivity index (χ1v) is 7.47. The molecule has 2 amide bonds. The van der Waals surface area contributed by atoms with Gasteiger partial charge in [-0.05, 0) is 29.8 Å². The van der Waals surface area contributed by atoms with Crippen LogP contribution in [0.5, 0.6) is 0 Å². The highest BCUT2D eigenvalue weighted by molar-refractivity contribution is 6.03. The number of guanidine groups is 1. The summed E-state index contributed by atoms with van der Waals surface area (Å²) in [5, 5.41) is 2.79. The molecule has 1 atom stereocenters. The van der Waals surface area contributed by atoms with Crippen molar-refractivity contribution in [2.45, 2.75) is 12.5 Å². The predicted molar refractivity (Wildman–Crippen MR) is 90.4 cm³/mol. The standard InChI is InChI=1S/C17H17N5O2/c1-22-15(23)10-14(21-17(22)18)11-5-4-6-12(9-11)20-16(24)13-7-2-3-8-19-13/h2-9,14H,10H2,1H3,(H2,18,21)(H,20,24). The van der Waals surface area contributed by atoms with Crippen LogP contribution in [0.1, 0.15) is 28.5 Å². The summed E-state index contributed by atoms with van der Waals surface area (Å²) in [6.45, 7) is 0. The molecule has 0 spiro atoms. The molecule has 3 N–H and O–H groups in total. The van der Waals surface area contributed by atoms with Crippen molar-refractivity contribution in [2.75, 3.05) is 12.4 Å². The number of hydrogen-bond donors (Lipinski definition) is 2. The van der Waals surface area contributed by atoms with Gasteiger partial charge in [-0.1, -0.05) is 18.2 Å². The van der Waals surface area contributed by atoms with Crippen molar-refractivity contribution < 1.29 is 9.59 Å². The first kappa shape index (κ1) is 15.7. The van der Waals surface area contributed by atoms with Crippen LogP contribution in [0, 0.1) is 0 Å². The number of carbonyl (C=O) groups excluding carboxylic acids is 2. The molecule has 0 fully saturated rings. The molecule has 2 aromatic rings. The lowest BCUT2D eigenvalue weighted by Gasteiger charge is -2.25. The van der Waals surface area contributed by atoms with E-state index in [2.05, 4.69) is 15.3 Å². The summed E-state index contributed by atoms with van der Waals surface area (Å²) in [6.07, 6.45) is 1.81. The predicted octanol–water partition coefficient (Wildman–Crippen LogP) is 1.55. The van der Waals surface area contributed by atoms with Crippen molar-refractivity contribution in [3.05, 3.63) is 59.9 Å². The highest BCUT2D eigenvalue weighted by Gasteiger charge is 2.25. The zero-order valence-electron chi connectivity index (χ0n) is 13.1. The maximum absolute atomic E-state index is 12.2. The summed E-state index contributed by atoms with van der Waals surface area (Å²) in [5.41, 5.74) is 7.53. The van der Waals surface area contributed by atoms with Gasteiger partial charge in [0.25, 0.3) is 5.91 Å². The fourth-order valence-corrected chi connectivity index (χ4v) is 2.43. The van der Waals surface area contributed by atoms with Crippen LogP contribution in [0.2, 0.25) is 0 Å². The molecule has 0 radical (unpaired) electrons. The fourth-order valence-electron chi connectivity index (χ4n) is 2.43. The van der Waals surface area contributed by atoms with Crippen molar-refractivity contribution >= 4 is 23.5 Å². The minimum Gasteiger partial charge on any atom is -0.369 e. The summed E-state index contributed by atoms with van der Waals surface area (Å²) in [4.78, 5) is 33.8. The second-order valence-electron chi connectivity index (χ2n) is 5.45. The number of hydrogen-bond acceptors (Lipinski definition) is 5. The largest absolute Gasteiger partial charge is 0.369 e. The van der Waals surface area contributed by atoms with Gasteiger partial charge in [-0.25, -0.2) is 4.99 Å². The first-order valence-electron chi connectivity index (χ1n) is 7.47. The second-order valence-corrected chi connectivity index (χ2v) is 5.45. The molecule has 0 saturated carbocycles. The molecule has 0 aliphatic carbocycles. The van der Waals surface area contributed by atoms with E-state index >= 15 is 0 Å². The molecule has 1 aliphatic heterocycles. The Hall–Kier alpha value is -3.22. The Balaban J connectivity index is 1.80. The van der Waals surface area contributed by atoms with Crippen LogP contribution in [0.3, 0.4) is 0 Å². The van der Waals surface area contributed by atoms with Crippen molar-refractivity contribution in [1.82, 2.24) is 9.88 Å². The highest BCUT2D eigenvalue weighted by Crippen LogP contribution is 2.27. The minimum atomic E-state index is -0.347. The van der Waals surface area contributed by atoms with E-state index in [0.717, 1.165) is 5.56 Å². The van der Waals surface area contributed by atoms with Crippen LogP contribution in [0.15, 0.2) is 53.7 Å². The third-order valence-electron chi connectivity index (χ3n) is 3.80. The third-order valence-corrected chi connectivity index (χ3v) is 3.80. The lowest BCUT2D eigenvalue weighted by atomic mass is 10.0. The SMILES string of the molecule is CN1C(=O)CC(c2cccc(NC(=O)c3ccccn3)c2)N=C1N. The summed E-state index contributed by atoms with van der Waals surface area (Å²) in [5.74, 6) is -0.190. The molecule has 1 unspecified atom stereocenters. The van der Waals surface area contributed by atoms with Crippen molar-refractivity contribution in [1.29, 1.82) is 0 Å². The number of aliphatic imine (C=N–C) groups is 1. The lowest BCUT2D eigenvalue weighted by molar-refractivity contribution is -0.127. The van der Waals surface area contributed by atoms with E-state index in [-0.39, 0.29) is 30.2 Å². The maximum atomic E-state index is 12.2. The molecule has 7 nitrogen and oxygen atoms in total. The highest BCUT2D eigenvalue weighted by atomic mass is 16.2. The molecule has 0 bridgehead atoms. The van der Waals surface area contributed by atoms with Crippen LogP contribution in [0.4, 0.5) is 5.69 Å². The quantitative estimate of drug-likeness (QED) is 0.895. The molecule has 1 aliphatic rings. The normalized spacial score (nSPS) is 17.4. The number of benzene rings is 1. The Morgan fingerprint density at radius 1 is 1.29 bits per heavy atom. The summed E-state index contributed by atoms with van der Waals surface area (Å²) >= 11 is 0. The molecule has 1 aromatic carbocycles. The van der Waals surface area contributed by atoms with Gasteiger partial charge in [-0.15, -0.1) is 0 Å². The monoisotopic (exact) mass is 323 g/mol. The topological polar surface area (TPSA) is 101 Å². The Morgan fingerprint density at radius 3 is 2.83 bits per heavy atom. The molecule has 7 heteroatoms. The van der Waals surface area contributed by atoms with Crippen LogP contribution in [0.25, 0.3) is 0 Å². The van der Waals surface area contributed by atoms with Crippen molar-refractivity contribution in [3.63, 3.8) is 0 Å². The molecule has 3 rings (SSSR count). The number of pyridine rings is 1. The van der Waals surface area contributed by atoms with Crippen LogP contribution >= 0.6 is 0 Å². The van der Waals surface area contributed by atoms with Crippen LogP contribution in [-0.2, 0) is 4.79 Å². The molecule has 2 heterocycles. The average molecular weight is 323 g/mol. The van der Waals surface area contributed by atoms with E-state index in [4.69, 9.17) is 5.73 Å². The van der Waals surface area contributed by atoms with E-state index in [1.54, 1.807) is 49.6 Å². The number of rotatable bonds is 3. The molecular formula is C17H17N5O2. The van der Waals surface area contributed by atoms with Gasteiger partial charge in [-0.2, -0.15) is 0 Å². The Kier molecular flexibility index (Phi) is 4.24. The van der Waals surface area contributed by atoms with Crippen molar-refractivity contribution in [2.24, 2.45) is 10.7 Å². The maximum Gasteiger partial charge on any atom is 0.274 e. The van der Waals surface area contributed by atoms with E-state index in [1.807, 2.05) is 6.07 Å². The number of nitrogens with two attached hydrogens (primary N) is 1. The number of nitrogens with one attached hydrogen (secondary N) is 1. The van der Waals surface area contributed by atoms with Gasteiger partial charge in [0.1, 0.15) is 5.69 Å². The van der Waals surface area contributed by atoms with Gasteiger partial charge in [0, 0.05) is 18.9 Å².